The number of hydrogen-bond acceptors (Lipinski definition) is 5. The molecule has 3 aliphatic rings. The highest BCUT2D eigenvalue weighted by Crippen LogP contribution is 2.42. The van der Waals surface area contributed by atoms with Gasteiger partial charge < -0.3 is 19.7 Å². The van der Waals surface area contributed by atoms with Gasteiger partial charge in [-0.25, -0.2) is 4.79 Å². The Morgan fingerprint density at radius 1 is 1.21 bits per heavy atom. The number of ether oxygens (including phenoxy) is 2. The van der Waals surface area contributed by atoms with Crippen LogP contribution in [0.3, 0.4) is 0 Å². The molecule has 0 radical (unpaired) electrons. The first-order chi connectivity index (χ1) is 14.2. The van der Waals surface area contributed by atoms with Gasteiger partial charge in [0.2, 0.25) is 0 Å². The van der Waals surface area contributed by atoms with E-state index in [1.54, 1.807) is 0 Å². The summed E-state index contributed by atoms with van der Waals surface area (Å²) in [5.41, 5.74) is 2.21. The van der Waals surface area contributed by atoms with Crippen molar-refractivity contribution in [3.05, 3.63) is 35.9 Å². The molecule has 29 heavy (non-hydrogen) atoms. The fourth-order valence-corrected chi connectivity index (χ4v) is 4.91. The fourth-order valence-electron chi connectivity index (χ4n) is 4.91. The summed E-state index contributed by atoms with van der Waals surface area (Å²) in [6, 6.07) is 8.44. The molecule has 1 aromatic rings. The number of methoxy groups -OCH3 is 1. The minimum absolute atomic E-state index is 0.202. The molecule has 2 saturated heterocycles. The molecular formula is C24H34N2O3. The number of piperidine rings is 1. The van der Waals surface area contributed by atoms with Crippen molar-refractivity contribution < 1.29 is 14.3 Å². The van der Waals surface area contributed by atoms with E-state index in [0.29, 0.717) is 17.9 Å². The molecule has 2 atom stereocenters. The number of nitrogens with zero attached hydrogens (tertiary/aromatic N) is 1. The zero-order chi connectivity index (χ0) is 20.1. The van der Waals surface area contributed by atoms with E-state index in [0.717, 1.165) is 25.2 Å². The largest absolute Gasteiger partial charge is 0.466 e. The summed E-state index contributed by atoms with van der Waals surface area (Å²) >= 11 is 0. The summed E-state index contributed by atoms with van der Waals surface area (Å²) in [6.07, 6.45) is 13.0. The highest BCUT2D eigenvalue weighted by atomic mass is 16.6. The van der Waals surface area contributed by atoms with Gasteiger partial charge in [0.05, 0.1) is 7.11 Å². The molecule has 2 heterocycles. The normalized spacial score (nSPS) is 25.8. The predicted molar refractivity (Wildman–Crippen MR) is 116 cm³/mol. The van der Waals surface area contributed by atoms with Crippen molar-refractivity contribution in [3.8, 4) is 0 Å². The van der Waals surface area contributed by atoms with Crippen LogP contribution in [-0.2, 0) is 14.3 Å². The zero-order valence-electron chi connectivity index (χ0n) is 17.5. The van der Waals surface area contributed by atoms with E-state index in [-0.39, 0.29) is 12.2 Å². The molecule has 0 bridgehead atoms. The third-order valence-electron chi connectivity index (χ3n) is 6.65. The maximum Gasteiger partial charge on any atom is 0.330 e. The second kappa shape index (κ2) is 9.77. The number of benzene rings is 1. The zero-order valence-corrected chi connectivity index (χ0v) is 17.5. The average Bonchev–Trinajstić information content (AvgIpc) is 3.58. The van der Waals surface area contributed by atoms with Gasteiger partial charge in [0.25, 0.3) is 0 Å². The summed E-state index contributed by atoms with van der Waals surface area (Å²) in [5, 5.41) is 3.47. The summed E-state index contributed by atoms with van der Waals surface area (Å²) < 4.78 is 11.0. The van der Waals surface area contributed by atoms with E-state index in [1.807, 2.05) is 12.1 Å². The van der Waals surface area contributed by atoms with Crippen molar-refractivity contribution in [3.63, 3.8) is 0 Å². The van der Waals surface area contributed by atoms with Gasteiger partial charge >= 0.3 is 5.97 Å². The molecule has 2 unspecified atom stereocenters. The molecule has 1 aliphatic carbocycles. The van der Waals surface area contributed by atoms with Crippen LogP contribution in [0, 0.1) is 11.8 Å². The van der Waals surface area contributed by atoms with Crippen molar-refractivity contribution in [1.82, 2.24) is 5.32 Å². The molecule has 1 aromatic carbocycles. The summed E-state index contributed by atoms with van der Waals surface area (Å²) in [7, 11) is 1.40. The molecule has 2 aliphatic heterocycles. The van der Waals surface area contributed by atoms with E-state index < -0.39 is 0 Å². The molecule has 0 spiro atoms. The van der Waals surface area contributed by atoms with Gasteiger partial charge in [-0.15, -0.1) is 0 Å². The van der Waals surface area contributed by atoms with Crippen LogP contribution < -0.4 is 10.2 Å². The Morgan fingerprint density at radius 2 is 2.00 bits per heavy atom. The first kappa shape index (κ1) is 20.4. The SMILES string of the molecule is COC(=O)/C=C/c1cccc(N(CC2CCNCC2)C2OC2C2CCCCC2)c1. The maximum absolute atomic E-state index is 11.5. The monoisotopic (exact) mass is 398 g/mol. The number of epoxide rings is 1. The number of anilines is 1. The molecular weight excluding hydrogens is 364 g/mol. The summed E-state index contributed by atoms with van der Waals surface area (Å²) in [6.45, 7) is 3.26. The number of carbonyl (C=O) groups is 1. The van der Waals surface area contributed by atoms with E-state index >= 15 is 0 Å². The second-order valence-corrected chi connectivity index (χ2v) is 8.69. The molecule has 4 rings (SSSR count). The van der Waals surface area contributed by atoms with Gasteiger partial charge in [-0.2, -0.15) is 0 Å². The van der Waals surface area contributed by atoms with Crippen LogP contribution in [0.4, 0.5) is 5.69 Å². The average molecular weight is 399 g/mol. The molecule has 5 nitrogen and oxygen atoms in total. The lowest BCUT2D eigenvalue weighted by Crippen LogP contribution is -2.39. The summed E-state index contributed by atoms with van der Waals surface area (Å²) in [5.74, 6) is 1.08. The lowest BCUT2D eigenvalue weighted by Gasteiger charge is -2.31. The minimum Gasteiger partial charge on any atom is -0.466 e. The highest BCUT2D eigenvalue weighted by molar-refractivity contribution is 5.87. The number of carbonyl (C=O) groups excluding carboxylic acids is 1. The van der Waals surface area contributed by atoms with Crippen molar-refractivity contribution in [2.24, 2.45) is 11.8 Å². The Hall–Kier alpha value is -1.85. The molecule has 158 valence electrons. The number of nitrogens with one attached hydrogen (secondary N) is 1. The maximum atomic E-state index is 11.5. The first-order valence-corrected chi connectivity index (χ1v) is 11.2. The quantitative estimate of drug-likeness (QED) is 0.428. The molecule has 0 amide bonds. The Balaban J connectivity index is 1.50. The molecule has 1 saturated carbocycles. The topological polar surface area (TPSA) is 54.1 Å². The van der Waals surface area contributed by atoms with E-state index in [1.165, 1.54) is 63.8 Å². The Bertz CT molecular complexity index is 708. The highest BCUT2D eigenvalue weighted by Gasteiger charge is 2.49. The molecule has 3 fully saturated rings. The van der Waals surface area contributed by atoms with Gasteiger partial charge in [0.15, 0.2) is 6.23 Å². The smallest absolute Gasteiger partial charge is 0.330 e. The van der Waals surface area contributed by atoms with Crippen LogP contribution in [0.2, 0.25) is 0 Å². The van der Waals surface area contributed by atoms with Crippen LogP contribution in [0.5, 0.6) is 0 Å². The summed E-state index contributed by atoms with van der Waals surface area (Å²) in [4.78, 5) is 13.9. The number of esters is 1. The Morgan fingerprint density at radius 3 is 2.76 bits per heavy atom. The van der Waals surface area contributed by atoms with Crippen LogP contribution in [-0.4, -0.2) is 45.0 Å². The number of hydrogen-bond donors (Lipinski definition) is 1. The van der Waals surface area contributed by atoms with Crippen LogP contribution in [0.15, 0.2) is 30.3 Å². The van der Waals surface area contributed by atoms with Crippen LogP contribution >= 0.6 is 0 Å². The van der Waals surface area contributed by atoms with Gasteiger partial charge in [0, 0.05) is 18.3 Å². The lowest BCUT2D eigenvalue weighted by molar-refractivity contribution is -0.134. The second-order valence-electron chi connectivity index (χ2n) is 8.69. The first-order valence-electron chi connectivity index (χ1n) is 11.2. The van der Waals surface area contributed by atoms with Crippen LogP contribution in [0.25, 0.3) is 6.08 Å². The predicted octanol–water partition coefficient (Wildman–Crippen LogP) is 3.98. The minimum atomic E-state index is -0.329. The van der Waals surface area contributed by atoms with E-state index in [2.05, 4.69) is 28.4 Å². The van der Waals surface area contributed by atoms with Crippen molar-refractivity contribution in [2.75, 3.05) is 31.6 Å². The van der Waals surface area contributed by atoms with Crippen molar-refractivity contribution >= 4 is 17.7 Å². The van der Waals surface area contributed by atoms with E-state index in [4.69, 9.17) is 9.47 Å². The third-order valence-corrected chi connectivity index (χ3v) is 6.65. The Kier molecular flexibility index (Phi) is 6.88. The third kappa shape index (κ3) is 5.40. The standard InChI is InChI=1S/C24H34N2O3/c1-28-22(27)11-10-18-6-5-9-21(16-18)26(17-19-12-14-25-15-13-19)24-23(29-24)20-7-3-2-4-8-20/h5-6,9-11,16,19-20,23-25H,2-4,7-8,12-15,17H2,1H3/b11-10+. The van der Waals surface area contributed by atoms with Crippen molar-refractivity contribution in [1.29, 1.82) is 0 Å². The Labute approximate surface area is 174 Å². The van der Waals surface area contributed by atoms with Gasteiger partial charge in [-0.3, -0.25) is 0 Å². The van der Waals surface area contributed by atoms with Crippen molar-refractivity contribution in [2.45, 2.75) is 57.3 Å². The van der Waals surface area contributed by atoms with Crippen LogP contribution in [0.1, 0.15) is 50.5 Å². The molecule has 0 aromatic heterocycles. The lowest BCUT2D eigenvalue weighted by atomic mass is 9.86. The fraction of sp³-hybridized carbons (Fsp3) is 0.625. The molecule has 1 N–H and O–H groups in total. The van der Waals surface area contributed by atoms with E-state index in [9.17, 15) is 4.79 Å². The number of rotatable bonds is 7. The van der Waals surface area contributed by atoms with Gasteiger partial charge in [0.1, 0.15) is 6.10 Å². The molecule has 5 heteroatoms. The van der Waals surface area contributed by atoms with Gasteiger partial charge in [-0.1, -0.05) is 31.4 Å². The van der Waals surface area contributed by atoms with Gasteiger partial charge in [-0.05, 0) is 74.4 Å².